The summed E-state index contributed by atoms with van der Waals surface area (Å²) in [7, 11) is -2.10. The van der Waals surface area contributed by atoms with Crippen LogP contribution in [0.4, 0.5) is 0 Å². The largest absolute Gasteiger partial charge is 0.889 e. The second-order valence-corrected chi connectivity index (χ2v) is 29.8. The summed E-state index contributed by atoms with van der Waals surface area (Å²) in [6.07, 6.45) is 99.9. The van der Waals surface area contributed by atoms with Crippen LogP contribution in [-0.4, -0.2) is 51.5 Å². The lowest BCUT2D eigenvalue weighted by Gasteiger charge is -2.27. The van der Waals surface area contributed by atoms with Gasteiger partial charge in [0.05, 0.1) is 39.3 Å². The van der Waals surface area contributed by atoms with E-state index >= 15 is 0 Å². The first-order chi connectivity index (χ1) is 45.4. The molecule has 0 heterocycles. The maximum atomic E-state index is 10.2. The molecule has 92 heavy (non-hydrogen) atoms. The van der Waals surface area contributed by atoms with Gasteiger partial charge in [0.1, 0.15) is 5.75 Å². The first-order valence-corrected chi connectivity index (χ1v) is 43.2. The second-order valence-electron chi connectivity index (χ2n) is 29.8. The van der Waals surface area contributed by atoms with Crippen molar-refractivity contribution in [3.63, 3.8) is 0 Å². The van der Waals surface area contributed by atoms with Crippen molar-refractivity contribution < 1.29 is 25.0 Å². The van der Waals surface area contributed by atoms with E-state index in [1.54, 1.807) is 6.07 Å². The van der Waals surface area contributed by atoms with Crippen molar-refractivity contribution in [3.05, 3.63) is 24.3 Å². The first kappa shape index (κ1) is 93.0. The summed E-state index contributed by atoms with van der Waals surface area (Å²) in [5.41, 5.74) is -0.0949. The van der Waals surface area contributed by atoms with Crippen LogP contribution in [0.2, 0.25) is 0 Å². The lowest BCUT2D eigenvalue weighted by atomic mass is 9.80. The van der Waals surface area contributed by atoms with Crippen molar-refractivity contribution in [1.29, 1.82) is 0 Å². The van der Waals surface area contributed by atoms with Crippen LogP contribution in [0.5, 0.6) is 5.75 Å². The van der Waals surface area contributed by atoms with Gasteiger partial charge in [-0.05, 0) is 70.3 Å². The highest BCUT2D eigenvalue weighted by molar-refractivity contribution is 6.56. The van der Waals surface area contributed by atoms with E-state index in [-0.39, 0.29) is 11.2 Å². The molecule has 0 aliphatic rings. The molecular weight excluding hydrogens is 1120 g/mol. The van der Waals surface area contributed by atoms with Crippen LogP contribution in [0.15, 0.2) is 24.3 Å². The molecule has 0 aromatic heterocycles. The van der Waals surface area contributed by atoms with E-state index in [1.165, 1.54) is 494 Å². The summed E-state index contributed by atoms with van der Waals surface area (Å²) in [6.45, 7) is 22.6. The van der Waals surface area contributed by atoms with Gasteiger partial charge in [-0.1, -0.05) is 445 Å². The van der Waals surface area contributed by atoms with Gasteiger partial charge in [-0.2, -0.15) is 0 Å². The van der Waals surface area contributed by atoms with Gasteiger partial charge in [-0.15, -0.1) is 0 Å². The topological polar surface area (TPSA) is 75.2 Å². The van der Waals surface area contributed by atoms with Crippen LogP contribution < -0.4 is 25.3 Å². The Balaban J connectivity index is 0. The van der Waals surface area contributed by atoms with Crippen molar-refractivity contribution >= 4 is 12.6 Å². The molecule has 1 rings (SSSR count). The van der Waals surface area contributed by atoms with E-state index in [0.29, 0.717) is 0 Å². The minimum absolute atomic E-state index is 0.0949. The Kier molecular flexibility index (Phi) is 85.0. The van der Waals surface area contributed by atoms with Crippen molar-refractivity contribution in [2.24, 2.45) is 0 Å². The zero-order valence-corrected chi connectivity index (χ0v) is 64.5. The number of hydrogen-bond donors (Lipinski definition) is 3. The van der Waals surface area contributed by atoms with Crippen LogP contribution in [0.25, 0.3) is 0 Å². The Morgan fingerprint density at radius 1 is 0.217 bits per heavy atom. The SMILES string of the molecule is CCCCCCCCCCCCCCCCCC[NH+](CCCC)CCCCCCCCCCCCCCCCCC.CCCCCCCCCCCCCCCCCC[NH+](CCCC)CCCCCCCCCCCCCCCCCC.[O-]B([O-])c1ccccc1O. The molecule has 3 N–H and O–H groups in total. The highest BCUT2D eigenvalue weighted by atomic mass is 16.4. The van der Waals surface area contributed by atoms with Gasteiger partial charge in [0, 0.05) is 0 Å². The second kappa shape index (κ2) is 84.2. The number of benzene rings is 1. The Morgan fingerprint density at radius 2 is 0.359 bits per heavy atom. The maximum Gasteiger partial charge on any atom is 0.106 e. The summed E-state index contributed by atoms with van der Waals surface area (Å²) in [4.78, 5) is 3.84. The highest BCUT2D eigenvalue weighted by Crippen LogP contribution is 2.18. The molecule has 548 valence electrons. The Bertz CT molecular complexity index is 1280. The molecule has 0 saturated carbocycles. The number of phenols is 1. The van der Waals surface area contributed by atoms with Gasteiger partial charge in [-0.25, -0.2) is 0 Å². The Morgan fingerprint density at radius 3 is 0.500 bits per heavy atom. The number of aromatic hydroxyl groups is 1. The molecule has 1 aromatic carbocycles. The van der Waals surface area contributed by atoms with Crippen molar-refractivity contribution in [3.8, 4) is 5.75 Å². The monoisotopic (exact) mass is 1290 g/mol. The van der Waals surface area contributed by atoms with Crippen LogP contribution in [0.1, 0.15) is 478 Å². The molecule has 0 radical (unpaired) electrons. The molecule has 0 saturated heterocycles. The third-order valence-electron chi connectivity index (χ3n) is 20.5. The summed E-state index contributed by atoms with van der Waals surface area (Å²) in [6, 6.07) is 5.73. The summed E-state index contributed by atoms with van der Waals surface area (Å²) < 4.78 is 0. The molecule has 0 aliphatic heterocycles. The van der Waals surface area contributed by atoms with E-state index in [2.05, 4.69) is 41.5 Å². The van der Waals surface area contributed by atoms with E-state index in [0.717, 1.165) is 0 Å². The number of nitrogens with one attached hydrogen (secondary N) is 2. The number of para-hydroxylation sites is 1. The molecular formula is C86H173BN2O3. The molecule has 0 unspecified atom stereocenters. The maximum absolute atomic E-state index is 10.2. The van der Waals surface area contributed by atoms with Crippen molar-refractivity contribution in [1.82, 2.24) is 0 Å². The van der Waals surface area contributed by atoms with Crippen LogP contribution >= 0.6 is 0 Å². The minimum Gasteiger partial charge on any atom is -0.889 e. The number of phenolic OH excluding ortho intramolecular Hbond substituents is 1. The average Bonchev–Trinajstić information content (AvgIpc) is 3.73. The normalized spacial score (nSPS) is 11.5. The van der Waals surface area contributed by atoms with E-state index < -0.39 is 7.12 Å². The summed E-state index contributed by atoms with van der Waals surface area (Å²) in [5.74, 6) is -0.225. The number of hydrogen-bond acceptors (Lipinski definition) is 3. The van der Waals surface area contributed by atoms with Gasteiger partial charge in [0.2, 0.25) is 0 Å². The van der Waals surface area contributed by atoms with Crippen molar-refractivity contribution in [2.45, 2.75) is 478 Å². The van der Waals surface area contributed by atoms with Gasteiger partial charge in [0.15, 0.2) is 0 Å². The van der Waals surface area contributed by atoms with Gasteiger partial charge in [-0.3, -0.25) is 0 Å². The first-order valence-electron chi connectivity index (χ1n) is 43.2. The minimum atomic E-state index is -2.10. The van der Waals surface area contributed by atoms with Crippen LogP contribution in [0.3, 0.4) is 0 Å². The third-order valence-corrected chi connectivity index (χ3v) is 20.5. The molecule has 0 bridgehead atoms. The Labute approximate surface area is 581 Å². The lowest BCUT2D eigenvalue weighted by molar-refractivity contribution is -0.901. The predicted molar refractivity (Wildman–Crippen MR) is 413 cm³/mol. The van der Waals surface area contributed by atoms with E-state index in [1.807, 2.05) is 9.80 Å². The molecule has 0 spiro atoms. The molecule has 6 heteroatoms. The zero-order chi connectivity index (χ0) is 67.0. The molecule has 0 amide bonds. The van der Waals surface area contributed by atoms with Gasteiger partial charge >= 0.3 is 0 Å². The number of rotatable bonds is 75. The predicted octanol–water partition coefficient (Wildman–Crippen LogP) is 24.2. The van der Waals surface area contributed by atoms with E-state index in [9.17, 15) is 10.0 Å². The average molecular weight is 1290 g/mol. The smallest absolute Gasteiger partial charge is 0.106 e. The summed E-state index contributed by atoms with van der Waals surface area (Å²) >= 11 is 0. The van der Waals surface area contributed by atoms with Crippen molar-refractivity contribution in [2.75, 3.05) is 39.3 Å². The molecule has 1 aromatic rings. The fraction of sp³-hybridized carbons (Fsp3) is 0.930. The van der Waals surface area contributed by atoms with E-state index in [4.69, 9.17) is 5.11 Å². The number of quaternary nitrogens is 2. The fourth-order valence-corrected chi connectivity index (χ4v) is 14.0. The quantitative estimate of drug-likeness (QED) is 0.0449. The molecule has 0 atom stereocenters. The lowest BCUT2D eigenvalue weighted by Crippen LogP contribution is -3.12. The highest BCUT2D eigenvalue weighted by Gasteiger charge is 2.10. The fourth-order valence-electron chi connectivity index (χ4n) is 14.0. The Hall–Kier alpha value is -1.08. The summed E-state index contributed by atoms with van der Waals surface area (Å²) in [5, 5.41) is 29.3. The molecule has 5 nitrogen and oxygen atoms in total. The third kappa shape index (κ3) is 77.9. The zero-order valence-electron chi connectivity index (χ0n) is 64.5. The number of unbranched alkanes of at least 4 members (excludes halogenated alkanes) is 62. The van der Waals surface area contributed by atoms with Crippen LogP contribution in [0, 0.1) is 0 Å². The molecule has 0 aliphatic carbocycles. The van der Waals surface area contributed by atoms with Gasteiger partial charge in [0.25, 0.3) is 0 Å². The standard InChI is InChI=1S/2C40H83N.C6H5BO3/c2*1-4-7-10-12-14-16-18-20-22-24-26-28-30-32-34-36-39-41(38-9-6-3)40-37-35-33-31-29-27-25-23-21-19-17-15-13-11-8-5-2;8-6-4-2-1-3-5(6)7(9)10/h2*4-40H2,1-3H3;1-4,8H/q;;-2/p+2. The van der Waals surface area contributed by atoms with Gasteiger partial charge < -0.3 is 25.0 Å². The van der Waals surface area contributed by atoms with Crippen LogP contribution in [-0.2, 0) is 0 Å². The molecule has 0 fully saturated rings.